The summed E-state index contributed by atoms with van der Waals surface area (Å²) in [5.41, 5.74) is 3.19. The maximum atomic E-state index is 12.8. The van der Waals surface area contributed by atoms with Crippen molar-refractivity contribution in [2.75, 3.05) is 11.1 Å². The van der Waals surface area contributed by atoms with Crippen molar-refractivity contribution in [3.05, 3.63) is 76.7 Å². The van der Waals surface area contributed by atoms with E-state index in [0.29, 0.717) is 11.3 Å². The van der Waals surface area contributed by atoms with Crippen LogP contribution in [0.4, 0.5) is 10.8 Å². The van der Waals surface area contributed by atoms with Crippen LogP contribution < -0.4 is 11.1 Å². The van der Waals surface area contributed by atoms with Gasteiger partial charge in [0.15, 0.2) is 5.13 Å². The van der Waals surface area contributed by atoms with E-state index in [2.05, 4.69) is 4.98 Å². The number of aryl methyl sites for hydroxylation is 1. The van der Waals surface area contributed by atoms with Crippen molar-refractivity contribution in [1.29, 1.82) is 0 Å². The minimum atomic E-state index is -3.31. The van der Waals surface area contributed by atoms with Crippen LogP contribution in [0.1, 0.15) is 55.2 Å². The standard InChI is InChI=1S/C22H25N3OS/c23-22-25-20(16-27-22)15-21(26)24-19-13-11-18(12-14-19)10-6-2-5-9-17-7-3-1-4-8-17/h1,3-4,7-8,11-14,16H,2,5-6,9-10,15H2,(H2,23,25)(H,24,26)/i5D2,6D2,9D,10D2,11D,12D,13D,14D,15D2,16D. The van der Waals surface area contributed by atoms with Crippen LogP contribution in [0.15, 0.2) is 59.9 Å². The number of nitrogen functional groups attached to an aromatic ring is 1. The Hall–Kier alpha value is -2.66. The van der Waals surface area contributed by atoms with E-state index >= 15 is 0 Å². The van der Waals surface area contributed by atoms with Crippen LogP contribution in [0.5, 0.6) is 0 Å². The molecule has 0 saturated carbocycles. The van der Waals surface area contributed by atoms with E-state index in [-0.39, 0.29) is 10.7 Å². The summed E-state index contributed by atoms with van der Waals surface area (Å²) in [5.74, 6) is -1.50. The highest BCUT2D eigenvalue weighted by Gasteiger charge is 2.07. The first-order valence-electron chi connectivity index (χ1n) is 14.9. The molecular weight excluding hydrogens is 354 g/mol. The molecular formula is C22H25N3OS. The highest BCUT2D eigenvalue weighted by molar-refractivity contribution is 7.13. The van der Waals surface area contributed by atoms with Crippen molar-refractivity contribution in [2.24, 2.45) is 0 Å². The summed E-state index contributed by atoms with van der Waals surface area (Å²) in [5, 5.41) is 1.30. The molecule has 0 aliphatic heterocycles. The summed E-state index contributed by atoms with van der Waals surface area (Å²) >= 11 is 0.606. The maximum absolute atomic E-state index is 12.8. The molecule has 3 aromatic rings. The Morgan fingerprint density at radius 2 is 1.93 bits per heavy atom. The van der Waals surface area contributed by atoms with Crippen LogP contribution >= 0.6 is 11.3 Å². The number of carbonyl (C=O) groups is 1. The van der Waals surface area contributed by atoms with Crippen molar-refractivity contribution in [3.8, 4) is 0 Å². The number of hydrogen-bond donors (Lipinski definition) is 2. The van der Waals surface area contributed by atoms with Crippen molar-refractivity contribution in [3.63, 3.8) is 0 Å². The highest BCUT2D eigenvalue weighted by atomic mass is 32.1. The molecule has 2 aromatic carbocycles. The fourth-order valence-corrected chi connectivity index (χ4v) is 2.34. The summed E-state index contributed by atoms with van der Waals surface area (Å²) in [6, 6.07) is 3.51. The van der Waals surface area contributed by atoms with Crippen LogP contribution in [-0.4, -0.2) is 10.9 Å². The van der Waals surface area contributed by atoms with Crippen LogP contribution in [0.25, 0.3) is 0 Å². The largest absolute Gasteiger partial charge is 0.375 e. The maximum Gasteiger partial charge on any atom is 0.230 e. The molecule has 5 heteroatoms. The molecule has 27 heavy (non-hydrogen) atoms. The van der Waals surface area contributed by atoms with Crippen molar-refractivity contribution in [2.45, 2.75) is 38.3 Å². The number of benzene rings is 2. The van der Waals surface area contributed by atoms with Gasteiger partial charge in [0.2, 0.25) is 5.91 Å². The van der Waals surface area contributed by atoms with E-state index in [1.54, 1.807) is 18.2 Å². The number of nitrogens with one attached hydrogen (secondary N) is 1. The summed E-state index contributed by atoms with van der Waals surface area (Å²) in [6.07, 6.45) is -14.8. The minimum Gasteiger partial charge on any atom is -0.375 e. The van der Waals surface area contributed by atoms with Crippen molar-refractivity contribution >= 4 is 28.1 Å². The Morgan fingerprint density at radius 1 is 1.15 bits per heavy atom. The number of nitrogens with zero attached hydrogens (tertiary/aromatic N) is 1. The van der Waals surface area contributed by atoms with Crippen LogP contribution in [0, 0.1) is 0 Å². The summed E-state index contributed by atoms with van der Waals surface area (Å²) in [4.78, 5) is 16.4. The molecule has 1 aromatic heterocycles. The lowest BCUT2D eigenvalue weighted by atomic mass is 10.0. The second-order valence-corrected chi connectivity index (χ2v) is 5.90. The minimum absolute atomic E-state index is 0.184. The average molecular weight is 394 g/mol. The van der Waals surface area contributed by atoms with Gasteiger partial charge in [-0.05, 0) is 48.7 Å². The first-order chi connectivity index (χ1) is 18.7. The fourth-order valence-electron chi connectivity index (χ4n) is 1.90. The molecule has 0 bridgehead atoms. The van der Waals surface area contributed by atoms with E-state index in [1.807, 2.05) is 5.32 Å². The zero-order valence-electron chi connectivity index (χ0n) is 28.0. The quantitative estimate of drug-likeness (QED) is 0.545. The molecule has 4 nitrogen and oxygen atoms in total. The zero-order valence-corrected chi connectivity index (χ0v) is 14.8. The van der Waals surface area contributed by atoms with Crippen molar-refractivity contribution < 1.29 is 24.0 Å². The first kappa shape index (κ1) is 8.15. The summed E-state index contributed by atoms with van der Waals surface area (Å²) in [7, 11) is 0. The molecule has 1 amide bonds. The van der Waals surface area contributed by atoms with Gasteiger partial charge >= 0.3 is 0 Å². The Morgan fingerprint density at radius 3 is 2.63 bits per heavy atom. The van der Waals surface area contributed by atoms with E-state index < -0.39 is 90.7 Å². The van der Waals surface area contributed by atoms with Gasteiger partial charge < -0.3 is 11.1 Å². The molecule has 0 saturated heterocycles. The number of rotatable bonds is 9. The molecule has 1 unspecified atom stereocenters. The van der Waals surface area contributed by atoms with Gasteiger partial charge in [0.05, 0.1) is 18.9 Å². The highest BCUT2D eigenvalue weighted by Crippen LogP contribution is 2.15. The number of thiazole rings is 1. The van der Waals surface area contributed by atoms with E-state index in [4.69, 9.17) is 24.9 Å². The smallest absolute Gasteiger partial charge is 0.230 e. The van der Waals surface area contributed by atoms with Gasteiger partial charge in [-0.15, -0.1) is 11.3 Å². The molecule has 0 fully saturated rings. The molecule has 0 radical (unpaired) electrons. The number of hydrogen-bond acceptors (Lipinski definition) is 4. The fraction of sp³-hybridized carbons (Fsp3) is 0.273. The van der Waals surface area contributed by atoms with Crippen LogP contribution in [0.2, 0.25) is 0 Å². The third-order valence-corrected chi connectivity index (χ3v) is 3.64. The zero-order chi connectivity index (χ0) is 31.3. The molecule has 0 aliphatic rings. The SMILES string of the molecule is [2H]c1sc(N)nc1C([2H])([2H])C(=O)Nc1c([2H])c([2H])c(C([2H])([2H])C([2H])([2H])CC([2H])([2H])C([2H])c2ccccc2)c([2H])c1[2H]. The lowest BCUT2D eigenvalue weighted by molar-refractivity contribution is -0.115. The lowest BCUT2D eigenvalue weighted by Crippen LogP contribution is -2.14. The lowest BCUT2D eigenvalue weighted by Gasteiger charge is -2.06. The molecule has 0 spiro atoms. The van der Waals surface area contributed by atoms with E-state index in [9.17, 15) is 4.79 Å². The molecule has 1 atom stereocenters. The molecule has 3 rings (SSSR count). The first-order valence-corrected chi connectivity index (χ1v) is 8.61. The van der Waals surface area contributed by atoms with Gasteiger partial charge in [0.25, 0.3) is 0 Å². The second kappa shape index (κ2) is 9.88. The van der Waals surface area contributed by atoms with Gasteiger partial charge in [0, 0.05) is 23.4 Å². The number of amides is 1. The second-order valence-electron chi connectivity index (χ2n) is 5.07. The van der Waals surface area contributed by atoms with Gasteiger partial charge in [-0.25, -0.2) is 4.98 Å². The topological polar surface area (TPSA) is 68.0 Å². The molecule has 0 aliphatic carbocycles. The monoisotopic (exact) mass is 393 g/mol. The third-order valence-electron chi connectivity index (χ3n) is 3.04. The molecule has 3 N–H and O–H groups in total. The summed E-state index contributed by atoms with van der Waals surface area (Å²) < 4.78 is 116. The predicted octanol–water partition coefficient (Wildman–Crippen LogP) is 4.86. The summed E-state index contributed by atoms with van der Waals surface area (Å²) in [6.45, 7) is 0. The van der Waals surface area contributed by atoms with Gasteiger partial charge in [-0.1, -0.05) is 48.8 Å². The number of anilines is 2. The number of carbonyl (C=O) groups excluding carboxylic acids is 1. The van der Waals surface area contributed by atoms with E-state index in [1.165, 1.54) is 12.1 Å². The third kappa shape index (κ3) is 6.53. The van der Waals surface area contributed by atoms with Gasteiger partial charge in [0.1, 0.15) is 0 Å². The molecule has 140 valence electrons. The van der Waals surface area contributed by atoms with Crippen LogP contribution in [0.3, 0.4) is 0 Å². The Kier molecular flexibility index (Phi) is 2.98. The van der Waals surface area contributed by atoms with Gasteiger partial charge in [-0.3, -0.25) is 4.79 Å². The molecule has 1 heterocycles. The Bertz CT molecular complexity index is 1430. The number of aromatic nitrogens is 1. The Balaban J connectivity index is 2.00. The Labute approximate surface area is 184 Å². The normalized spacial score (nSPS) is 21.5. The van der Waals surface area contributed by atoms with Gasteiger partial charge in [-0.2, -0.15) is 0 Å². The predicted molar refractivity (Wildman–Crippen MR) is 113 cm³/mol. The number of nitrogens with two attached hydrogens (primary N) is 1. The van der Waals surface area contributed by atoms with Crippen LogP contribution in [-0.2, 0) is 23.9 Å². The van der Waals surface area contributed by atoms with E-state index in [0.717, 1.165) is 0 Å². The average Bonchev–Trinajstić information content (AvgIpc) is 3.23. The van der Waals surface area contributed by atoms with Crippen molar-refractivity contribution in [1.82, 2.24) is 4.98 Å².